The smallest absolute Gasteiger partial charge is 0.242 e. The molecule has 128 valence electrons. The lowest BCUT2D eigenvalue weighted by atomic mass is 9.95. The van der Waals surface area contributed by atoms with Crippen LogP contribution in [-0.4, -0.2) is 31.6 Å². The zero-order valence-corrected chi connectivity index (χ0v) is 15.7. The van der Waals surface area contributed by atoms with E-state index in [9.17, 15) is 4.79 Å². The highest BCUT2D eigenvalue weighted by atomic mass is 127. The average Bonchev–Trinajstić information content (AvgIpc) is 2.54. The van der Waals surface area contributed by atoms with Crippen LogP contribution < -0.4 is 21.1 Å². The number of amides is 1. The van der Waals surface area contributed by atoms with Gasteiger partial charge in [-0.3, -0.25) is 4.79 Å². The van der Waals surface area contributed by atoms with Crippen LogP contribution in [-0.2, 0) is 4.79 Å². The number of nitrogens with two attached hydrogens (primary N) is 1. The first-order chi connectivity index (χ1) is 10.7. The number of aliphatic imine (C=N–C) groups is 1. The Balaban J connectivity index is 0.00000264. The Hall–Kier alpha value is -1.51. The molecule has 0 bridgehead atoms. The molecule has 4 N–H and O–H groups in total. The van der Waals surface area contributed by atoms with E-state index in [0.717, 1.165) is 24.3 Å². The Morgan fingerprint density at radius 2 is 2.09 bits per heavy atom. The molecule has 0 radical (unpaired) electrons. The molecule has 0 saturated heterocycles. The second-order valence-corrected chi connectivity index (χ2v) is 5.46. The van der Waals surface area contributed by atoms with E-state index in [0.29, 0.717) is 6.04 Å². The Kier molecular flexibility index (Phi) is 8.75. The van der Waals surface area contributed by atoms with E-state index in [1.165, 1.54) is 19.3 Å². The molecule has 1 amide bonds. The molecule has 1 aliphatic carbocycles. The lowest BCUT2D eigenvalue weighted by Gasteiger charge is -2.22. The van der Waals surface area contributed by atoms with Crippen molar-refractivity contribution in [2.24, 2.45) is 10.7 Å². The SMILES string of the molecule is COc1cccc(NC(N)=NCC(=O)NC2CCCCC2)c1.I. The third-order valence-electron chi connectivity index (χ3n) is 3.71. The molecule has 2 rings (SSSR count). The van der Waals surface area contributed by atoms with E-state index < -0.39 is 0 Å². The minimum absolute atomic E-state index is 0. The molecule has 7 heteroatoms. The van der Waals surface area contributed by atoms with Crippen LogP contribution in [0, 0.1) is 0 Å². The summed E-state index contributed by atoms with van der Waals surface area (Å²) in [6.45, 7) is 0.0410. The summed E-state index contributed by atoms with van der Waals surface area (Å²) < 4.78 is 5.13. The average molecular weight is 432 g/mol. The fourth-order valence-electron chi connectivity index (χ4n) is 2.57. The van der Waals surface area contributed by atoms with Crippen LogP contribution in [0.3, 0.4) is 0 Å². The van der Waals surface area contributed by atoms with Crippen molar-refractivity contribution >= 4 is 41.5 Å². The summed E-state index contributed by atoms with van der Waals surface area (Å²) >= 11 is 0. The molecule has 0 atom stereocenters. The normalized spacial score (nSPS) is 15.4. The number of halogens is 1. The van der Waals surface area contributed by atoms with Crippen LogP contribution in [0.2, 0.25) is 0 Å². The van der Waals surface area contributed by atoms with Crippen molar-refractivity contribution in [2.45, 2.75) is 38.1 Å². The maximum Gasteiger partial charge on any atom is 0.242 e. The largest absolute Gasteiger partial charge is 0.497 e. The van der Waals surface area contributed by atoms with Crippen LogP contribution in [0.1, 0.15) is 32.1 Å². The second kappa shape index (κ2) is 10.3. The first kappa shape index (κ1) is 19.5. The first-order valence-corrected chi connectivity index (χ1v) is 7.68. The molecule has 23 heavy (non-hydrogen) atoms. The first-order valence-electron chi connectivity index (χ1n) is 7.68. The molecular formula is C16H25IN4O2. The summed E-state index contributed by atoms with van der Waals surface area (Å²) in [6.07, 6.45) is 5.77. The molecule has 1 aliphatic rings. The van der Waals surface area contributed by atoms with Gasteiger partial charge in [0.2, 0.25) is 5.91 Å². The number of guanidine groups is 1. The molecule has 1 aromatic carbocycles. The minimum Gasteiger partial charge on any atom is -0.497 e. The Labute approximate surface area is 154 Å². The standard InChI is InChI=1S/C16H24N4O2.HI/c1-22-14-9-5-8-13(10-14)20-16(17)18-11-15(21)19-12-6-3-2-4-7-12;/h5,8-10,12H,2-4,6-7,11H2,1H3,(H,19,21)(H3,17,18,20);1H. The molecule has 6 nitrogen and oxygen atoms in total. The molecule has 0 aliphatic heterocycles. The fraction of sp³-hybridized carbons (Fsp3) is 0.500. The lowest BCUT2D eigenvalue weighted by molar-refractivity contribution is -0.120. The molecule has 1 fully saturated rings. The number of carbonyl (C=O) groups excluding carboxylic acids is 1. The van der Waals surface area contributed by atoms with Gasteiger partial charge < -0.3 is 21.1 Å². The van der Waals surface area contributed by atoms with Gasteiger partial charge in [-0.2, -0.15) is 0 Å². The lowest BCUT2D eigenvalue weighted by Crippen LogP contribution is -2.38. The van der Waals surface area contributed by atoms with E-state index >= 15 is 0 Å². The number of anilines is 1. The molecule has 1 aromatic rings. The molecule has 0 heterocycles. The van der Waals surface area contributed by atoms with Crippen molar-refractivity contribution in [1.29, 1.82) is 0 Å². The van der Waals surface area contributed by atoms with Crippen LogP contribution in [0.5, 0.6) is 5.75 Å². The van der Waals surface area contributed by atoms with Crippen molar-refractivity contribution in [3.63, 3.8) is 0 Å². The van der Waals surface area contributed by atoms with E-state index in [1.807, 2.05) is 24.3 Å². The van der Waals surface area contributed by atoms with E-state index in [4.69, 9.17) is 10.5 Å². The number of carbonyl (C=O) groups is 1. The highest BCUT2D eigenvalue weighted by Gasteiger charge is 2.15. The third-order valence-corrected chi connectivity index (χ3v) is 3.71. The van der Waals surface area contributed by atoms with Crippen LogP contribution in [0.4, 0.5) is 5.69 Å². The van der Waals surface area contributed by atoms with Crippen LogP contribution in [0.15, 0.2) is 29.3 Å². The quantitative estimate of drug-likeness (QED) is 0.379. The molecule has 0 aromatic heterocycles. The number of hydrogen-bond donors (Lipinski definition) is 3. The van der Waals surface area contributed by atoms with Crippen molar-refractivity contribution < 1.29 is 9.53 Å². The summed E-state index contributed by atoms with van der Waals surface area (Å²) in [5.41, 5.74) is 6.57. The van der Waals surface area contributed by atoms with Gasteiger partial charge in [0.15, 0.2) is 5.96 Å². The van der Waals surface area contributed by atoms with E-state index in [2.05, 4.69) is 15.6 Å². The number of benzene rings is 1. The minimum atomic E-state index is -0.0812. The van der Waals surface area contributed by atoms with Gasteiger partial charge in [0.25, 0.3) is 0 Å². The predicted octanol–water partition coefficient (Wildman–Crippen LogP) is 2.49. The summed E-state index contributed by atoms with van der Waals surface area (Å²) in [6, 6.07) is 7.65. The predicted molar refractivity (Wildman–Crippen MR) is 104 cm³/mol. The van der Waals surface area contributed by atoms with Crippen molar-refractivity contribution in [3.05, 3.63) is 24.3 Å². The van der Waals surface area contributed by atoms with Gasteiger partial charge in [0, 0.05) is 17.8 Å². The Morgan fingerprint density at radius 3 is 2.78 bits per heavy atom. The number of ether oxygens (including phenoxy) is 1. The number of hydrogen-bond acceptors (Lipinski definition) is 3. The summed E-state index contributed by atoms with van der Waals surface area (Å²) in [5, 5.41) is 5.95. The monoisotopic (exact) mass is 432 g/mol. The molecule has 0 unspecified atom stereocenters. The van der Waals surface area contributed by atoms with Gasteiger partial charge in [0.1, 0.15) is 12.3 Å². The Morgan fingerprint density at radius 1 is 1.35 bits per heavy atom. The fourth-order valence-corrected chi connectivity index (χ4v) is 2.57. The third kappa shape index (κ3) is 7.06. The maximum absolute atomic E-state index is 11.8. The van der Waals surface area contributed by atoms with Crippen molar-refractivity contribution in [2.75, 3.05) is 19.0 Å². The highest BCUT2D eigenvalue weighted by Crippen LogP contribution is 2.17. The summed E-state index contributed by atoms with van der Waals surface area (Å²) in [4.78, 5) is 15.9. The van der Waals surface area contributed by atoms with Gasteiger partial charge >= 0.3 is 0 Å². The van der Waals surface area contributed by atoms with Gasteiger partial charge in [-0.1, -0.05) is 25.3 Å². The van der Waals surface area contributed by atoms with Gasteiger partial charge in [-0.15, -0.1) is 24.0 Å². The maximum atomic E-state index is 11.8. The van der Waals surface area contributed by atoms with Crippen molar-refractivity contribution in [3.8, 4) is 5.75 Å². The van der Waals surface area contributed by atoms with Gasteiger partial charge in [0.05, 0.1) is 7.11 Å². The Bertz CT molecular complexity index is 531. The van der Waals surface area contributed by atoms with Crippen LogP contribution in [0.25, 0.3) is 0 Å². The summed E-state index contributed by atoms with van der Waals surface area (Å²) in [5.74, 6) is 0.863. The number of nitrogens with zero attached hydrogens (tertiary/aromatic N) is 1. The van der Waals surface area contributed by atoms with Crippen molar-refractivity contribution in [1.82, 2.24) is 5.32 Å². The number of methoxy groups -OCH3 is 1. The zero-order chi connectivity index (χ0) is 15.8. The highest BCUT2D eigenvalue weighted by molar-refractivity contribution is 14.0. The molecular weight excluding hydrogens is 407 g/mol. The van der Waals surface area contributed by atoms with Gasteiger partial charge in [-0.05, 0) is 25.0 Å². The summed E-state index contributed by atoms with van der Waals surface area (Å²) in [7, 11) is 1.60. The number of nitrogens with one attached hydrogen (secondary N) is 2. The topological polar surface area (TPSA) is 88.7 Å². The van der Waals surface area contributed by atoms with E-state index in [-0.39, 0.29) is 42.4 Å². The second-order valence-electron chi connectivity index (χ2n) is 5.46. The molecule has 0 spiro atoms. The number of rotatable bonds is 5. The van der Waals surface area contributed by atoms with E-state index in [1.54, 1.807) is 7.11 Å². The van der Waals surface area contributed by atoms with Crippen LogP contribution >= 0.6 is 24.0 Å². The zero-order valence-electron chi connectivity index (χ0n) is 13.4. The molecule has 1 saturated carbocycles. The van der Waals surface area contributed by atoms with Gasteiger partial charge in [-0.25, -0.2) is 4.99 Å².